The van der Waals surface area contributed by atoms with Gasteiger partial charge in [0.05, 0.1) is 11.4 Å². The van der Waals surface area contributed by atoms with Crippen LogP contribution < -0.4 is 5.32 Å². The van der Waals surface area contributed by atoms with E-state index in [0.717, 1.165) is 11.4 Å². The van der Waals surface area contributed by atoms with Gasteiger partial charge in [0.15, 0.2) is 0 Å². The van der Waals surface area contributed by atoms with Crippen LogP contribution in [-0.4, -0.2) is 31.7 Å². The summed E-state index contributed by atoms with van der Waals surface area (Å²) in [5.41, 5.74) is 1.90. The number of nitrogens with one attached hydrogen (secondary N) is 1. The normalized spacial score (nSPS) is 12.5. The van der Waals surface area contributed by atoms with Crippen LogP contribution in [0.4, 0.5) is 0 Å². The van der Waals surface area contributed by atoms with E-state index in [-0.39, 0.29) is 12.6 Å². The molecule has 6 nitrogen and oxygen atoms in total. The van der Waals surface area contributed by atoms with E-state index in [1.807, 2.05) is 24.4 Å². The summed E-state index contributed by atoms with van der Waals surface area (Å²) in [6, 6.07) is 6.05. The first-order valence-electron chi connectivity index (χ1n) is 6.44. The molecule has 2 N–H and O–H groups in total. The second kappa shape index (κ2) is 6.96. The van der Waals surface area contributed by atoms with Crippen LogP contribution in [0, 0.1) is 0 Å². The van der Waals surface area contributed by atoms with Gasteiger partial charge in [-0.3, -0.25) is 9.67 Å². The molecule has 2 heterocycles. The first-order valence-corrected chi connectivity index (χ1v) is 6.44. The number of aliphatic hydroxyl groups is 1. The van der Waals surface area contributed by atoms with Crippen LogP contribution in [0.5, 0.6) is 0 Å². The van der Waals surface area contributed by atoms with E-state index >= 15 is 0 Å². The Labute approximate surface area is 112 Å². The highest BCUT2D eigenvalue weighted by molar-refractivity contribution is 5.08. The van der Waals surface area contributed by atoms with Gasteiger partial charge in [0.1, 0.15) is 0 Å². The summed E-state index contributed by atoms with van der Waals surface area (Å²) in [5.74, 6) is 0. The molecule has 0 saturated carbocycles. The molecule has 0 saturated heterocycles. The number of nitrogens with zero attached hydrogens (tertiary/aromatic N) is 4. The van der Waals surface area contributed by atoms with Gasteiger partial charge in [-0.15, -0.1) is 5.10 Å². The van der Waals surface area contributed by atoms with Crippen molar-refractivity contribution in [3.05, 3.63) is 42.0 Å². The minimum Gasteiger partial charge on any atom is -0.396 e. The summed E-state index contributed by atoms with van der Waals surface area (Å²) in [7, 11) is 0. The van der Waals surface area contributed by atoms with Crippen molar-refractivity contribution < 1.29 is 5.11 Å². The molecule has 19 heavy (non-hydrogen) atoms. The van der Waals surface area contributed by atoms with Crippen molar-refractivity contribution in [1.82, 2.24) is 25.3 Å². The Bertz CT molecular complexity index is 485. The van der Waals surface area contributed by atoms with E-state index in [1.165, 1.54) is 0 Å². The zero-order valence-electron chi connectivity index (χ0n) is 11.0. The predicted molar refractivity (Wildman–Crippen MR) is 71.2 cm³/mol. The lowest BCUT2D eigenvalue weighted by atomic mass is 10.2. The molecule has 0 spiro atoms. The maximum Gasteiger partial charge on any atom is 0.0965 e. The van der Waals surface area contributed by atoms with Gasteiger partial charge in [0.2, 0.25) is 0 Å². The molecule has 0 radical (unpaired) electrons. The Morgan fingerprint density at radius 3 is 3.05 bits per heavy atom. The minimum absolute atomic E-state index is 0.170. The van der Waals surface area contributed by atoms with Gasteiger partial charge in [0, 0.05) is 38.1 Å². The average Bonchev–Trinajstić information content (AvgIpc) is 2.91. The fraction of sp³-hybridized carbons (Fsp3) is 0.462. The van der Waals surface area contributed by atoms with Gasteiger partial charge in [-0.1, -0.05) is 11.3 Å². The number of aliphatic hydroxyl groups excluding tert-OH is 1. The SMILES string of the molecule is C[C@@H](NCc1cn(CCCO)nn1)c1ccccn1. The number of aryl methyl sites for hydroxylation is 1. The third kappa shape index (κ3) is 4.11. The third-order valence-corrected chi connectivity index (χ3v) is 2.85. The zero-order valence-corrected chi connectivity index (χ0v) is 11.0. The summed E-state index contributed by atoms with van der Waals surface area (Å²) < 4.78 is 1.75. The van der Waals surface area contributed by atoms with E-state index in [2.05, 4.69) is 27.5 Å². The van der Waals surface area contributed by atoms with Crippen LogP contribution >= 0.6 is 0 Å². The summed E-state index contributed by atoms with van der Waals surface area (Å²) in [6.45, 7) is 3.58. The summed E-state index contributed by atoms with van der Waals surface area (Å²) in [4.78, 5) is 4.31. The Morgan fingerprint density at radius 2 is 2.32 bits per heavy atom. The molecule has 2 aromatic heterocycles. The van der Waals surface area contributed by atoms with Crippen molar-refractivity contribution in [2.45, 2.75) is 32.5 Å². The van der Waals surface area contributed by atoms with Gasteiger partial charge < -0.3 is 10.4 Å². The highest BCUT2D eigenvalue weighted by Crippen LogP contribution is 2.08. The van der Waals surface area contributed by atoms with E-state index in [0.29, 0.717) is 19.5 Å². The highest BCUT2D eigenvalue weighted by Gasteiger charge is 2.07. The van der Waals surface area contributed by atoms with Crippen molar-refractivity contribution >= 4 is 0 Å². The third-order valence-electron chi connectivity index (χ3n) is 2.85. The van der Waals surface area contributed by atoms with Crippen LogP contribution in [0.2, 0.25) is 0 Å². The van der Waals surface area contributed by atoms with Gasteiger partial charge in [-0.05, 0) is 25.5 Å². The first kappa shape index (κ1) is 13.6. The Hall–Kier alpha value is -1.79. The number of aromatic nitrogens is 4. The molecule has 0 amide bonds. The van der Waals surface area contributed by atoms with Crippen LogP contribution in [-0.2, 0) is 13.1 Å². The van der Waals surface area contributed by atoms with E-state index in [9.17, 15) is 0 Å². The minimum atomic E-state index is 0.170. The van der Waals surface area contributed by atoms with E-state index in [4.69, 9.17) is 5.11 Å². The summed E-state index contributed by atoms with van der Waals surface area (Å²) in [6.07, 6.45) is 4.38. The van der Waals surface area contributed by atoms with E-state index < -0.39 is 0 Å². The molecule has 2 aromatic rings. The van der Waals surface area contributed by atoms with Crippen LogP contribution in [0.3, 0.4) is 0 Å². The highest BCUT2D eigenvalue weighted by atomic mass is 16.3. The maximum atomic E-state index is 8.76. The molecule has 6 heteroatoms. The molecule has 0 bridgehead atoms. The lowest BCUT2D eigenvalue weighted by molar-refractivity contribution is 0.276. The van der Waals surface area contributed by atoms with Crippen LogP contribution in [0.15, 0.2) is 30.6 Å². The van der Waals surface area contributed by atoms with Crippen molar-refractivity contribution in [2.75, 3.05) is 6.61 Å². The quantitative estimate of drug-likeness (QED) is 0.774. The van der Waals surface area contributed by atoms with Gasteiger partial charge in [-0.2, -0.15) is 0 Å². The molecule has 2 rings (SSSR count). The van der Waals surface area contributed by atoms with Gasteiger partial charge in [-0.25, -0.2) is 0 Å². The fourth-order valence-electron chi connectivity index (χ4n) is 1.76. The first-order chi connectivity index (χ1) is 9.29. The lowest BCUT2D eigenvalue weighted by Crippen LogP contribution is -2.19. The molecule has 0 aliphatic heterocycles. The number of pyridine rings is 1. The molecule has 0 aliphatic carbocycles. The number of rotatable bonds is 7. The van der Waals surface area contributed by atoms with Crippen molar-refractivity contribution in [1.29, 1.82) is 0 Å². The average molecular weight is 261 g/mol. The summed E-state index contributed by atoms with van der Waals surface area (Å²) in [5, 5.41) is 20.2. The molecular weight excluding hydrogens is 242 g/mol. The smallest absolute Gasteiger partial charge is 0.0965 e. The van der Waals surface area contributed by atoms with Crippen LogP contribution in [0.1, 0.15) is 30.8 Å². The maximum absolute atomic E-state index is 8.76. The molecule has 0 unspecified atom stereocenters. The van der Waals surface area contributed by atoms with Crippen LogP contribution in [0.25, 0.3) is 0 Å². The van der Waals surface area contributed by atoms with Gasteiger partial charge in [0.25, 0.3) is 0 Å². The molecule has 102 valence electrons. The monoisotopic (exact) mass is 261 g/mol. The molecule has 1 atom stereocenters. The molecule has 0 aromatic carbocycles. The zero-order chi connectivity index (χ0) is 13.5. The van der Waals surface area contributed by atoms with Crippen molar-refractivity contribution in [3.63, 3.8) is 0 Å². The molecule has 0 fully saturated rings. The molecular formula is C13H19N5O. The predicted octanol–water partition coefficient (Wildman–Crippen LogP) is 0.906. The topological polar surface area (TPSA) is 75.9 Å². The lowest BCUT2D eigenvalue weighted by Gasteiger charge is -2.11. The number of hydrogen-bond acceptors (Lipinski definition) is 5. The van der Waals surface area contributed by atoms with Crippen molar-refractivity contribution in [2.24, 2.45) is 0 Å². The largest absolute Gasteiger partial charge is 0.396 e. The second-order valence-corrected chi connectivity index (χ2v) is 4.41. The summed E-state index contributed by atoms with van der Waals surface area (Å²) >= 11 is 0. The Kier molecular flexibility index (Phi) is 5.00. The van der Waals surface area contributed by atoms with Crippen molar-refractivity contribution in [3.8, 4) is 0 Å². The second-order valence-electron chi connectivity index (χ2n) is 4.41. The fourth-order valence-corrected chi connectivity index (χ4v) is 1.76. The molecule has 0 aliphatic rings. The Balaban J connectivity index is 1.83. The van der Waals surface area contributed by atoms with E-state index in [1.54, 1.807) is 10.9 Å². The van der Waals surface area contributed by atoms with Gasteiger partial charge >= 0.3 is 0 Å². The standard InChI is InChI=1S/C13H19N5O/c1-11(13-5-2-3-6-14-13)15-9-12-10-18(17-16-12)7-4-8-19/h2-3,5-6,10-11,15,19H,4,7-9H2,1H3/t11-/m1/s1. The Morgan fingerprint density at radius 1 is 1.42 bits per heavy atom. The number of hydrogen-bond donors (Lipinski definition) is 2.